The van der Waals surface area contributed by atoms with Gasteiger partial charge in [-0.3, -0.25) is 39.3 Å². The van der Waals surface area contributed by atoms with Gasteiger partial charge in [-0.1, -0.05) is 24.3 Å². The number of hydrogen-bond acceptors (Lipinski definition) is 8. The Balaban J connectivity index is 1.37. The highest BCUT2D eigenvalue weighted by Crippen LogP contribution is 2.12. The van der Waals surface area contributed by atoms with Crippen molar-refractivity contribution in [3.8, 4) is 0 Å². The summed E-state index contributed by atoms with van der Waals surface area (Å²) in [5, 5.41) is 18.7. The molecule has 4 aromatic heterocycles. The maximum absolute atomic E-state index is 11.4. The molecular formula is C30H32N6O4. The molecule has 0 saturated heterocycles. The van der Waals surface area contributed by atoms with Gasteiger partial charge >= 0.3 is 11.9 Å². The largest absolute Gasteiger partial charge is 0.480 e. The van der Waals surface area contributed by atoms with Crippen LogP contribution in [0, 0.1) is 0 Å². The fourth-order valence-electron chi connectivity index (χ4n) is 4.39. The Morgan fingerprint density at radius 1 is 0.525 bits per heavy atom. The molecule has 0 saturated carbocycles. The predicted octanol–water partition coefficient (Wildman–Crippen LogP) is 3.23. The topological polar surface area (TPSA) is 133 Å². The molecule has 0 atom stereocenters. The van der Waals surface area contributed by atoms with Crippen LogP contribution in [0.5, 0.6) is 0 Å². The fraction of sp³-hybridized carbons (Fsp3) is 0.267. The number of aromatic nitrogens is 4. The first-order chi connectivity index (χ1) is 19.4. The van der Waals surface area contributed by atoms with E-state index in [1.807, 2.05) is 72.8 Å². The molecule has 0 aromatic carbocycles. The number of carboxylic acid groups (broad SMARTS) is 2. The Hall–Kier alpha value is -4.54. The minimum atomic E-state index is -0.903. The van der Waals surface area contributed by atoms with E-state index in [2.05, 4.69) is 9.97 Å². The molecule has 0 bridgehead atoms. The van der Waals surface area contributed by atoms with Crippen LogP contribution in [0.2, 0.25) is 0 Å². The minimum absolute atomic E-state index is 0.113. The molecule has 4 aromatic rings. The summed E-state index contributed by atoms with van der Waals surface area (Å²) >= 11 is 0. The van der Waals surface area contributed by atoms with Crippen molar-refractivity contribution in [3.63, 3.8) is 0 Å². The first-order valence-corrected chi connectivity index (χ1v) is 13.0. The summed E-state index contributed by atoms with van der Waals surface area (Å²) in [6, 6.07) is 22.7. The quantitative estimate of drug-likeness (QED) is 0.232. The fourth-order valence-corrected chi connectivity index (χ4v) is 4.39. The number of nitrogens with zero attached hydrogens (tertiary/aromatic N) is 6. The average Bonchev–Trinajstić information content (AvgIpc) is 2.93. The van der Waals surface area contributed by atoms with Crippen LogP contribution in [0.25, 0.3) is 0 Å². The van der Waals surface area contributed by atoms with E-state index >= 15 is 0 Å². The predicted molar refractivity (Wildman–Crippen MR) is 148 cm³/mol. The number of pyridine rings is 4. The zero-order valence-corrected chi connectivity index (χ0v) is 22.1. The normalized spacial score (nSPS) is 11.2. The first kappa shape index (κ1) is 28.5. The number of hydrogen-bond donors (Lipinski definition) is 2. The zero-order valence-electron chi connectivity index (χ0n) is 22.1. The van der Waals surface area contributed by atoms with Crippen molar-refractivity contribution >= 4 is 11.9 Å². The molecule has 0 unspecified atom stereocenters. The van der Waals surface area contributed by atoms with E-state index in [1.54, 1.807) is 22.2 Å². The van der Waals surface area contributed by atoms with Crippen LogP contribution in [-0.4, -0.2) is 65.0 Å². The molecule has 10 nitrogen and oxygen atoms in total. The van der Waals surface area contributed by atoms with Gasteiger partial charge in [0.15, 0.2) is 0 Å². The highest BCUT2D eigenvalue weighted by molar-refractivity contribution is 5.69. The van der Waals surface area contributed by atoms with Crippen LogP contribution < -0.4 is 0 Å². The number of rotatable bonds is 15. The maximum Gasteiger partial charge on any atom is 0.317 e. The van der Waals surface area contributed by atoms with Gasteiger partial charge in [-0.25, -0.2) is 0 Å². The van der Waals surface area contributed by atoms with Crippen molar-refractivity contribution in [3.05, 3.63) is 119 Å². The molecule has 0 aliphatic rings. The lowest BCUT2D eigenvalue weighted by Crippen LogP contribution is -2.29. The molecule has 206 valence electrons. The van der Waals surface area contributed by atoms with Crippen molar-refractivity contribution in [1.82, 2.24) is 29.7 Å². The summed E-state index contributed by atoms with van der Waals surface area (Å²) in [6.07, 6.45) is 4.72. The molecule has 4 heterocycles. The Bertz CT molecular complexity index is 1280. The van der Waals surface area contributed by atoms with Gasteiger partial charge in [0, 0.05) is 50.0 Å². The van der Waals surface area contributed by atoms with Crippen molar-refractivity contribution in [2.45, 2.75) is 39.0 Å². The molecule has 0 spiro atoms. The lowest BCUT2D eigenvalue weighted by molar-refractivity contribution is -0.139. The first-order valence-electron chi connectivity index (χ1n) is 13.0. The van der Waals surface area contributed by atoms with Gasteiger partial charge in [-0.2, -0.15) is 0 Å². The highest BCUT2D eigenvalue weighted by atomic mass is 16.4. The average molecular weight is 541 g/mol. The van der Waals surface area contributed by atoms with E-state index in [-0.39, 0.29) is 13.1 Å². The summed E-state index contributed by atoms with van der Waals surface area (Å²) in [6.45, 7) is 1.38. The van der Waals surface area contributed by atoms with Crippen LogP contribution in [-0.2, 0) is 48.6 Å². The Kier molecular flexibility index (Phi) is 10.4. The second-order valence-corrected chi connectivity index (χ2v) is 9.46. The molecule has 40 heavy (non-hydrogen) atoms. The SMILES string of the molecule is O=C(O)CN(Cc1ccccn1)Cc1cccc(CCc2cccc(CN(CC(=O)O)Cc3ccccn3)n2)n1. The standard InChI is InChI=1S/C30H32N6O4/c37-29(38)21-35(17-25-7-1-3-15-31-25)19-27-11-5-9-23(33-27)13-14-24-10-6-12-28(34-24)20-36(22-30(39)40)18-26-8-2-4-16-32-26/h1-12,15-16H,13-14,17-22H2,(H,37,38)(H,39,40). The van der Waals surface area contributed by atoms with Crippen LogP contribution in [0.15, 0.2) is 85.2 Å². The minimum Gasteiger partial charge on any atom is -0.480 e. The smallest absolute Gasteiger partial charge is 0.317 e. The molecule has 0 amide bonds. The Labute approximate surface area is 233 Å². The molecule has 0 aliphatic heterocycles. The zero-order chi connectivity index (χ0) is 28.2. The van der Waals surface area contributed by atoms with Crippen LogP contribution in [0.4, 0.5) is 0 Å². The number of aryl methyl sites for hydroxylation is 2. The summed E-state index contributed by atoms with van der Waals surface area (Å²) in [7, 11) is 0. The van der Waals surface area contributed by atoms with Gasteiger partial charge in [-0.15, -0.1) is 0 Å². The van der Waals surface area contributed by atoms with Gasteiger partial charge < -0.3 is 10.2 Å². The summed E-state index contributed by atoms with van der Waals surface area (Å²) in [5.74, 6) is -1.81. The third-order valence-electron chi connectivity index (χ3n) is 6.08. The monoisotopic (exact) mass is 540 g/mol. The molecule has 4 rings (SSSR count). The van der Waals surface area contributed by atoms with Crippen molar-refractivity contribution in [1.29, 1.82) is 0 Å². The lowest BCUT2D eigenvalue weighted by atomic mass is 10.1. The number of carboxylic acids is 2. The molecule has 2 N–H and O–H groups in total. The van der Waals surface area contributed by atoms with E-state index in [9.17, 15) is 19.8 Å². The van der Waals surface area contributed by atoms with Crippen molar-refractivity contribution in [2.75, 3.05) is 13.1 Å². The Morgan fingerprint density at radius 2 is 0.900 bits per heavy atom. The summed E-state index contributed by atoms with van der Waals surface area (Å²) < 4.78 is 0. The molecule has 0 radical (unpaired) electrons. The summed E-state index contributed by atoms with van der Waals surface area (Å²) in [5.41, 5.74) is 4.95. The lowest BCUT2D eigenvalue weighted by Gasteiger charge is -2.20. The second-order valence-electron chi connectivity index (χ2n) is 9.46. The van der Waals surface area contributed by atoms with E-state index in [0.29, 0.717) is 39.0 Å². The highest BCUT2D eigenvalue weighted by Gasteiger charge is 2.14. The molecular weight excluding hydrogens is 508 g/mol. The molecule has 10 heteroatoms. The number of carbonyl (C=O) groups is 2. The van der Waals surface area contributed by atoms with E-state index < -0.39 is 11.9 Å². The van der Waals surface area contributed by atoms with Gasteiger partial charge in [-0.05, 0) is 61.4 Å². The van der Waals surface area contributed by atoms with Gasteiger partial charge in [0.1, 0.15) is 0 Å². The number of aliphatic carboxylic acids is 2. The van der Waals surface area contributed by atoms with E-state index in [4.69, 9.17) is 9.97 Å². The van der Waals surface area contributed by atoms with Gasteiger partial charge in [0.25, 0.3) is 0 Å². The molecule has 0 fully saturated rings. The van der Waals surface area contributed by atoms with Crippen LogP contribution >= 0.6 is 0 Å². The molecule has 0 aliphatic carbocycles. The third-order valence-corrected chi connectivity index (χ3v) is 6.08. The van der Waals surface area contributed by atoms with E-state index in [1.165, 1.54) is 0 Å². The van der Waals surface area contributed by atoms with Gasteiger partial charge in [0.05, 0.1) is 35.9 Å². The van der Waals surface area contributed by atoms with Crippen LogP contribution in [0.3, 0.4) is 0 Å². The van der Waals surface area contributed by atoms with Crippen molar-refractivity contribution < 1.29 is 19.8 Å². The Morgan fingerprint density at radius 3 is 1.27 bits per heavy atom. The van der Waals surface area contributed by atoms with Gasteiger partial charge in [0.2, 0.25) is 0 Å². The van der Waals surface area contributed by atoms with E-state index in [0.717, 1.165) is 34.2 Å². The van der Waals surface area contributed by atoms with Crippen LogP contribution in [0.1, 0.15) is 34.2 Å². The summed E-state index contributed by atoms with van der Waals surface area (Å²) in [4.78, 5) is 44.6. The van der Waals surface area contributed by atoms with Crippen molar-refractivity contribution in [2.24, 2.45) is 0 Å². The maximum atomic E-state index is 11.4. The third kappa shape index (κ3) is 9.64. The second kappa shape index (κ2) is 14.6.